The molecule has 1 saturated heterocycles. The Balaban J connectivity index is 1.49. The Hall–Kier alpha value is -1.36. The summed E-state index contributed by atoms with van der Waals surface area (Å²) in [6.07, 6.45) is 1.57. The highest BCUT2D eigenvalue weighted by atomic mass is 32.2. The van der Waals surface area contributed by atoms with Gasteiger partial charge < -0.3 is 5.32 Å². The van der Waals surface area contributed by atoms with Gasteiger partial charge >= 0.3 is 0 Å². The third kappa shape index (κ3) is 3.94. The van der Waals surface area contributed by atoms with E-state index in [1.54, 1.807) is 0 Å². The van der Waals surface area contributed by atoms with Crippen molar-refractivity contribution in [3.8, 4) is 0 Å². The quantitative estimate of drug-likeness (QED) is 0.899. The number of amides is 1. The number of nitrogens with one attached hydrogen (secondary N) is 1. The van der Waals surface area contributed by atoms with Crippen LogP contribution in [0.3, 0.4) is 0 Å². The number of rotatable bonds is 5. The van der Waals surface area contributed by atoms with Gasteiger partial charge in [0.1, 0.15) is 0 Å². The maximum absolute atomic E-state index is 12.2. The molecular weight excluding hydrogens is 310 g/mol. The van der Waals surface area contributed by atoms with Crippen molar-refractivity contribution in [2.24, 2.45) is 11.8 Å². The highest BCUT2D eigenvalue weighted by molar-refractivity contribution is 7.91. The van der Waals surface area contributed by atoms with Crippen LogP contribution < -0.4 is 5.32 Å². The van der Waals surface area contributed by atoms with Gasteiger partial charge in [-0.25, -0.2) is 8.42 Å². The second kappa shape index (κ2) is 6.27. The normalized spacial score (nSPS) is 28.7. The molecule has 126 valence electrons. The van der Waals surface area contributed by atoms with Crippen molar-refractivity contribution < 1.29 is 13.2 Å². The van der Waals surface area contributed by atoms with Crippen molar-refractivity contribution in [1.29, 1.82) is 0 Å². The fourth-order valence-corrected chi connectivity index (χ4v) is 5.25. The molecule has 1 amide bonds. The van der Waals surface area contributed by atoms with Crippen molar-refractivity contribution in [2.75, 3.05) is 18.1 Å². The van der Waals surface area contributed by atoms with Crippen LogP contribution >= 0.6 is 0 Å². The lowest BCUT2D eigenvalue weighted by molar-refractivity contribution is -0.122. The van der Waals surface area contributed by atoms with Crippen LogP contribution in [0.15, 0.2) is 24.3 Å². The van der Waals surface area contributed by atoms with Crippen molar-refractivity contribution in [3.63, 3.8) is 0 Å². The molecule has 0 radical (unpaired) electrons. The van der Waals surface area contributed by atoms with E-state index in [9.17, 15) is 13.2 Å². The molecule has 1 N–H and O–H groups in total. The summed E-state index contributed by atoms with van der Waals surface area (Å²) < 4.78 is 22.9. The van der Waals surface area contributed by atoms with E-state index in [1.165, 1.54) is 11.1 Å². The molecule has 5 heteroatoms. The van der Waals surface area contributed by atoms with Crippen molar-refractivity contribution in [3.05, 3.63) is 35.4 Å². The summed E-state index contributed by atoms with van der Waals surface area (Å²) in [4.78, 5) is 12.2. The number of sulfone groups is 1. The molecule has 2 fully saturated rings. The van der Waals surface area contributed by atoms with E-state index >= 15 is 0 Å². The molecular formula is C18H25NO3S. The Morgan fingerprint density at radius 1 is 1.26 bits per heavy atom. The molecule has 0 bridgehead atoms. The van der Waals surface area contributed by atoms with Crippen molar-refractivity contribution in [2.45, 2.75) is 38.5 Å². The maximum atomic E-state index is 12.2. The first-order valence-corrected chi connectivity index (χ1v) is 10.3. The number of carbonyl (C=O) groups is 1. The maximum Gasteiger partial charge on any atom is 0.223 e. The lowest BCUT2D eigenvalue weighted by atomic mass is 10.00. The van der Waals surface area contributed by atoms with Crippen LogP contribution in [-0.4, -0.2) is 32.4 Å². The first-order chi connectivity index (χ1) is 10.9. The molecule has 1 aliphatic carbocycles. The Morgan fingerprint density at radius 3 is 2.52 bits per heavy atom. The van der Waals surface area contributed by atoms with Gasteiger partial charge in [0.2, 0.25) is 5.91 Å². The van der Waals surface area contributed by atoms with Crippen LogP contribution in [0.1, 0.15) is 49.7 Å². The lowest BCUT2D eigenvalue weighted by Gasteiger charge is -2.10. The fourth-order valence-electron chi connectivity index (χ4n) is 3.39. The Morgan fingerprint density at radius 2 is 1.96 bits per heavy atom. The monoisotopic (exact) mass is 335 g/mol. The van der Waals surface area contributed by atoms with E-state index in [-0.39, 0.29) is 29.2 Å². The fraction of sp³-hybridized carbons (Fsp3) is 0.611. The van der Waals surface area contributed by atoms with E-state index in [4.69, 9.17) is 0 Å². The van der Waals surface area contributed by atoms with E-state index < -0.39 is 9.84 Å². The minimum Gasteiger partial charge on any atom is -0.356 e. The minimum absolute atomic E-state index is 0.0536. The molecule has 3 unspecified atom stereocenters. The molecule has 1 heterocycles. The van der Waals surface area contributed by atoms with E-state index in [1.807, 2.05) is 0 Å². The van der Waals surface area contributed by atoms with Crippen molar-refractivity contribution >= 4 is 15.7 Å². The largest absolute Gasteiger partial charge is 0.356 e. The molecule has 0 spiro atoms. The van der Waals surface area contributed by atoms with Gasteiger partial charge in [0.05, 0.1) is 11.5 Å². The minimum atomic E-state index is -2.86. The summed E-state index contributed by atoms with van der Waals surface area (Å²) >= 11 is 0. The molecule has 1 aromatic carbocycles. The van der Waals surface area contributed by atoms with Gasteiger partial charge in [-0.15, -0.1) is 0 Å². The van der Waals surface area contributed by atoms with Gasteiger partial charge in [-0.3, -0.25) is 4.79 Å². The van der Waals surface area contributed by atoms with Crippen LogP contribution in [0.5, 0.6) is 0 Å². The Kier molecular flexibility index (Phi) is 4.50. The third-order valence-electron chi connectivity index (χ3n) is 5.05. The average molecular weight is 335 g/mol. The lowest BCUT2D eigenvalue weighted by Crippen LogP contribution is -2.31. The molecule has 2 aliphatic rings. The van der Waals surface area contributed by atoms with Gasteiger partial charge in [0.15, 0.2) is 9.84 Å². The zero-order valence-corrected chi connectivity index (χ0v) is 14.6. The molecule has 4 nitrogen and oxygen atoms in total. The van der Waals surface area contributed by atoms with E-state index in [2.05, 4.69) is 43.4 Å². The summed E-state index contributed by atoms with van der Waals surface area (Å²) in [6.45, 7) is 4.84. The predicted molar refractivity (Wildman–Crippen MR) is 91.1 cm³/mol. The Labute approximate surface area is 138 Å². The summed E-state index contributed by atoms with van der Waals surface area (Å²) in [5.74, 6) is 1.55. The molecule has 0 aromatic heterocycles. The smallest absolute Gasteiger partial charge is 0.223 e. The third-order valence-corrected chi connectivity index (χ3v) is 6.89. The van der Waals surface area contributed by atoms with Crippen LogP contribution in [-0.2, 0) is 14.6 Å². The topological polar surface area (TPSA) is 63.2 Å². The first kappa shape index (κ1) is 16.5. The second-order valence-corrected chi connectivity index (χ2v) is 9.51. The Bertz CT molecular complexity index is 679. The summed E-state index contributed by atoms with van der Waals surface area (Å²) in [7, 11) is -2.86. The van der Waals surface area contributed by atoms with Crippen LogP contribution in [0.25, 0.3) is 0 Å². The van der Waals surface area contributed by atoms with Gasteiger partial charge in [-0.2, -0.15) is 0 Å². The number of carbonyl (C=O) groups excluding carboxylic acids is 1. The standard InChI is InChI=1S/C18H25NO3S/c1-12(2)14-3-5-15(6-4-14)16-9-17(16)18(20)19-10-13-7-8-23(21,22)11-13/h3-6,12-13,16-17H,7-11H2,1-2H3,(H,19,20). The number of hydrogen-bond acceptors (Lipinski definition) is 3. The molecule has 3 rings (SSSR count). The molecule has 1 aromatic rings. The highest BCUT2D eigenvalue weighted by Crippen LogP contribution is 2.47. The summed E-state index contributed by atoms with van der Waals surface area (Å²) in [5, 5.41) is 2.95. The van der Waals surface area contributed by atoms with Gasteiger partial charge in [0, 0.05) is 12.5 Å². The van der Waals surface area contributed by atoms with Crippen LogP contribution in [0, 0.1) is 11.8 Å². The van der Waals surface area contributed by atoms with Crippen molar-refractivity contribution in [1.82, 2.24) is 5.32 Å². The van der Waals surface area contributed by atoms with Crippen LogP contribution in [0.2, 0.25) is 0 Å². The van der Waals surface area contributed by atoms with Gasteiger partial charge in [-0.05, 0) is 41.7 Å². The highest BCUT2D eigenvalue weighted by Gasteiger charge is 2.44. The van der Waals surface area contributed by atoms with Gasteiger partial charge in [-0.1, -0.05) is 38.1 Å². The number of benzene rings is 1. The molecule has 1 saturated carbocycles. The second-order valence-electron chi connectivity index (χ2n) is 7.28. The number of hydrogen-bond donors (Lipinski definition) is 1. The SMILES string of the molecule is CC(C)c1ccc(C2CC2C(=O)NCC2CCS(=O)(=O)C2)cc1. The summed E-state index contributed by atoms with van der Waals surface area (Å²) in [5.41, 5.74) is 2.55. The first-order valence-electron chi connectivity index (χ1n) is 8.44. The average Bonchev–Trinajstić information content (AvgIpc) is 3.23. The molecule has 3 atom stereocenters. The van der Waals surface area contributed by atoms with E-state index in [0.29, 0.717) is 24.8 Å². The molecule has 1 aliphatic heterocycles. The van der Waals surface area contributed by atoms with Crippen LogP contribution in [0.4, 0.5) is 0 Å². The predicted octanol–water partition coefficient (Wildman–Crippen LogP) is 2.46. The van der Waals surface area contributed by atoms with E-state index in [0.717, 1.165) is 6.42 Å². The molecule has 23 heavy (non-hydrogen) atoms. The zero-order valence-electron chi connectivity index (χ0n) is 13.8. The summed E-state index contributed by atoms with van der Waals surface area (Å²) in [6, 6.07) is 8.57. The zero-order chi connectivity index (χ0) is 16.6. The van der Waals surface area contributed by atoms with Gasteiger partial charge in [0.25, 0.3) is 0 Å².